The molecule has 1 saturated heterocycles. The topological polar surface area (TPSA) is 83.9 Å². The van der Waals surface area contributed by atoms with E-state index in [1.807, 2.05) is 0 Å². The largest absolute Gasteiger partial charge is 0.478 e. The molecular weight excluding hydrogens is 258 g/mol. The number of carboxylic acids is 1. The van der Waals surface area contributed by atoms with Crippen LogP contribution in [0.25, 0.3) is 0 Å². The summed E-state index contributed by atoms with van der Waals surface area (Å²) in [4.78, 5) is 15.8. The van der Waals surface area contributed by atoms with Crippen LogP contribution >= 0.6 is 0 Å². The molecule has 2 rings (SSSR count). The van der Waals surface area contributed by atoms with Crippen molar-refractivity contribution in [2.45, 2.75) is 12.2 Å². The van der Waals surface area contributed by atoms with E-state index in [9.17, 15) is 13.2 Å². The van der Waals surface area contributed by atoms with Gasteiger partial charge in [-0.25, -0.2) is 13.2 Å². The second kappa shape index (κ2) is 5.05. The minimum Gasteiger partial charge on any atom is -0.478 e. The Labute approximate surface area is 105 Å². The zero-order chi connectivity index (χ0) is 13.2. The van der Waals surface area contributed by atoms with Gasteiger partial charge in [-0.05, 0) is 24.1 Å². The second-order valence-electron chi connectivity index (χ2n) is 3.97. The zero-order valence-corrected chi connectivity index (χ0v) is 10.4. The van der Waals surface area contributed by atoms with Gasteiger partial charge in [0.2, 0.25) is 10.0 Å². The minimum absolute atomic E-state index is 0.0741. The molecule has 0 atom stereocenters. The Morgan fingerprint density at radius 1 is 1.44 bits per heavy atom. The number of carbonyl (C=O) groups is 1. The van der Waals surface area contributed by atoms with Crippen LogP contribution in [-0.4, -0.2) is 37.1 Å². The maximum absolute atomic E-state index is 11.9. The summed E-state index contributed by atoms with van der Waals surface area (Å²) in [6.07, 6.45) is 0.675. The van der Waals surface area contributed by atoms with E-state index in [0.717, 1.165) is 4.47 Å². The normalized spacial score (nSPS) is 16.9. The molecule has 6 nitrogen and oxygen atoms in total. The Bertz CT molecular complexity index is 548. The molecule has 1 aromatic rings. The van der Waals surface area contributed by atoms with Crippen molar-refractivity contribution in [3.8, 4) is 0 Å². The van der Waals surface area contributed by atoms with Crippen LogP contribution in [0.2, 0.25) is 0 Å². The fourth-order valence-corrected chi connectivity index (χ4v) is 3.11. The van der Waals surface area contributed by atoms with Crippen LogP contribution in [-0.2, 0) is 20.6 Å². The lowest BCUT2D eigenvalue weighted by Gasteiger charge is -2.14. The number of nitrogens with zero attached hydrogens (tertiary/aromatic N) is 1. The van der Waals surface area contributed by atoms with Crippen molar-refractivity contribution in [1.82, 2.24) is 4.47 Å². The number of sulfonamides is 1. The third-order valence-corrected chi connectivity index (χ3v) is 4.16. The molecule has 1 aromatic carbocycles. The van der Waals surface area contributed by atoms with Crippen LogP contribution in [0.5, 0.6) is 0 Å². The summed E-state index contributed by atoms with van der Waals surface area (Å²) >= 11 is 0. The molecule has 1 heterocycles. The molecule has 1 aliphatic heterocycles. The highest BCUT2D eigenvalue weighted by atomic mass is 32.2. The molecule has 1 aliphatic rings. The predicted octanol–water partition coefficient (Wildman–Crippen LogP) is 0.852. The molecule has 0 amide bonds. The lowest BCUT2D eigenvalue weighted by atomic mass is 10.1. The van der Waals surface area contributed by atoms with Crippen molar-refractivity contribution >= 4 is 16.0 Å². The van der Waals surface area contributed by atoms with E-state index in [1.54, 1.807) is 6.07 Å². The first kappa shape index (κ1) is 13.0. The number of aromatic carboxylic acids is 1. The molecule has 0 bridgehead atoms. The minimum atomic E-state index is -3.54. The van der Waals surface area contributed by atoms with Gasteiger partial charge in [-0.2, -0.15) is 0 Å². The number of hydrogen-bond acceptors (Lipinski definition) is 4. The van der Waals surface area contributed by atoms with Crippen molar-refractivity contribution in [3.05, 3.63) is 35.4 Å². The van der Waals surface area contributed by atoms with Gasteiger partial charge in [0.15, 0.2) is 0 Å². The van der Waals surface area contributed by atoms with Crippen LogP contribution < -0.4 is 0 Å². The summed E-state index contributed by atoms with van der Waals surface area (Å²) < 4.78 is 24.8. The standard InChI is InChI=1S/C11H13NO5S/c13-11(14)10-4-1-3-9(7-10)8-18(15,16)12-5-2-6-17-12/h1,3-4,7H,2,5-6,8H2,(H,13,14). The Hall–Kier alpha value is -1.44. The highest BCUT2D eigenvalue weighted by Crippen LogP contribution is 2.16. The number of rotatable bonds is 4. The third kappa shape index (κ3) is 2.87. The molecule has 18 heavy (non-hydrogen) atoms. The van der Waals surface area contributed by atoms with Crippen LogP contribution in [0.4, 0.5) is 0 Å². The monoisotopic (exact) mass is 271 g/mol. The fourth-order valence-electron chi connectivity index (χ4n) is 1.72. The Balaban J connectivity index is 2.18. The number of carboxylic acid groups (broad SMARTS) is 1. The highest BCUT2D eigenvalue weighted by molar-refractivity contribution is 7.88. The van der Waals surface area contributed by atoms with Crippen molar-refractivity contribution in [2.24, 2.45) is 0 Å². The van der Waals surface area contributed by atoms with Gasteiger partial charge >= 0.3 is 5.97 Å². The summed E-state index contributed by atoms with van der Waals surface area (Å²) in [6.45, 7) is 0.745. The van der Waals surface area contributed by atoms with Gasteiger partial charge in [-0.1, -0.05) is 16.6 Å². The van der Waals surface area contributed by atoms with Gasteiger partial charge in [0.25, 0.3) is 0 Å². The Morgan fingerprint density at radius 3 is 2.83 bits per heavy atom. The van der Waals surface area contributed by atoms with Crippen molar-refractivity contribution in [1.29, 1.82) is 0 Å². The summed E-state index contributed by atoms with van der Waals surface area (Å²) in [6, 6.07) is 5.89. The Morgan fingerprint density at radius 2 is 2.22 bits per heavy atom. The number of hydroxylamine groups is 1. The van der Waals surface area contributed by atoms with Crippen molar-refractivity contribution in [2.75, 3.05) is 13.2 Å². The van der Waals surface area contributed by atoms with E-state index in [0.29, 0.717) is 25.1 Å². The molecule has 0 aliphatic carbocycles. The van der Waals surface area contributed by atoms with Gasteiger partial charge < -0.3 is 5.11 Å². The van der Waals surface area contributed by atoms with Crippen molar-refractivity contribution in [3.63, 3.8) is 0 Å². The summed E-state index contributed by atoms with van der Waals surface area (Å²) in [7, 11) is -3.54. The highest BCUT2D eigenvalue weighted by Gasteiger charge is 2.27. The van der Waals surface area contributed by atoms with E-state index in [4.69, 9.17) is 9.94 Å². The average molecular weight is 271 g/mol. The molecule has 1 N–H and O–H groups in total. The zero-order valence-electron chi connectivity index (χ0n) is 9.57. The third-order valence-electron chi connectivity index (χ3n) is 2.55. The molecule has 7 heteroatoms. The first-order chi connectivity index (χ1) is 8.49. The predicted molar refractivity (Wildman–Crippen MR) is 63.3 cm³/mol. The lowest BCUT2D eigenvalue weighted by Crippen LogP contribution is -2.28. The van der Waals surface area contributed by atoms with Gasteiger partial charge in [0.05, 0.1) is 17.9 Å². The molecule has 0 radical (unpaired) electrons. The summed E-state index contributed by atoms with van der Waals surface area (Å²) in [5, 5.41) is 8.83. The number of hydrogen-bond donors (Lipinski definition) is 1. The molecule has 0 saturated carbocycles. The number of benzene rings is 1. The Kier molecular flexibility index (Phi) is 3.65. The van der Waals surface area contributed by atoms with Crippen LogP contribution in [0.15, 0.2) is 24.3 Å². The molecule has 0 spiro atoms. The maximum Gasteiger partial charge on any atom is 0.335 e. The van der Waals surface area contributed by atoms with Gasteiger partial charge in [0.1, 0.15) is 0 Å². The van der Waals surface area contributed by atoms with Crippen LogP contribution in [0.3, 0.4) is 0 Å². The first-order valence-electron chi connectivity index (χ1n) is 5.44. The molecule has 0 unspecified atom stereocenters. The van der Waals surface area contributed by atoms with Crippen LogP contribution in [0, 0.1) is 0 Å². The molecular formula is C11H13NO5S. The van der Waals surface area contributed by atoms with Gasteiger partial charge in [-0.15, -0.1) is 0 Å². The smallest absolute Gasteiger partial charge is 0.335 e. The molecule has 0 aromatic heterocycles. The lowest BCUT2D eigenvalue weighted by molar-refractivity contribution is -0.0286. The summed E-state index contributed by atoms with van der Waals surface area (Å²) in [5.74, 6) is -1.33. The van der Waals surface area contributed by atoms with E-state index in [2.05, 4.69) is 0 Å². The van der Waals surface area contributed by atoms with Gasteiger partial charge in [-0.3, -0.25) is 4.84 Å². The first-order valence-corrected chi connectivity index (χ1v) is 7.05. The maximum atomic E-state index is 11.9. The van der Waals surface area contributed by atoms with Gasteiger partial charge in [0, 0.05) is 6.54 Å². The van der Waals surface area contributed by atoms with E-state index >= 15 is 0 Å². The SMILES string of the molecule is O=C(O)c1cccc(CS(=O)(=O)N2CCCO2)c1. The van der Waals surface area contributed by atoms with Crippen LogP contribution in [0.1, 0.15) is 22.3 Å². The van der Waals surface area contributed by atoms with E-state index in [1.165, 1.54) is 18.2 Å². The quantitative estimate of drug-likeness (QED) is 0.877. The molecule has 1 fully saturated rings. The van der Waals surface area contributed by atoms with E-state index < -0.39 is 16.0 Å². The second-order valence-corrected chi connectivity index (χ2v) is 5.83. The van der Waals surface area contributed by atoms with Crippen molar-refractivity contribution < 1.29 is 23.2 Å². The fraction of sp³-hybridized carbons (Fsp3) is 0.364. The average Bonchev–Trinajstić information content (AvgIpc) is 2.82. The molecule has 98 valence electrons. The van der Waals surface area contributed by atoms with E-state index in [-0.39, 0.29) is 11.3 Å². The summed E-state index contributed by atoms with van der Waals surface area (Å²) in [5.41, 5.74) is 0.510.